The maximum absolute atomic E-state index is 11.2. The molecule has 1 N–H and O–H groups in total. The van der Waals surface area contributed by atoms with Crippen LogP contribution in [0.4, 0.5) is 0 Å². The predicted octanol–water partition coefficient (Wildman–Crippen LogP) is 2.68. The van der Waals surface area contributed by atoms with Crippen LogP contribution in [0, 0.1) is 13.8 Å². The van der Waals surface area contributed by atoms with Gasteiger partial charge in [-0.3, -0.25) is 0 Å². The molecule has 0 aliphatic carbocycles. The van der Waals surface area contributed by atoms with Gasteiger partial charge in [0.1, 0.15) is 0 Å². The molecule has 0 aromatic heterocycles. The Morgan fingerprint density at radius 3 is 2.41 bits per heavy atom. The summed E-state index contributed by atoms with van der Waals surface area (Å²) >= 11 is 0. The van der Waals surface area contributed by atoms with Crippen molar-refractivity contribution in [2.24, 2.45) is 0 Å². The Labute approximate surface area is 102 Å². The van der Waals surface area contributed by atoms with E-state index in [9.17, 15) is 9.90 Å². The Morgan fingerprint density at radius 1 is 1.35 bits per heavy atom. The molecule has 17 heavy (non-hydrogen) atoms. The van der Waals surface area contributed by atoms with Gasteiger partial charge in [-0.25, -0.2) is 4.79 Å². The summed E-state index contributed by atoms with van der Waals surface area (Å²) in [6.07, 6.45) is -0.844. The fourth-order valence-corrected chi connectivity index (χ4v) is 2.29. The summed E-state index contributed by atoms with van der Waals surface area (Å²) in [6.45, 7) is 7.84. The highest BCUT2D eigenvalue weighted by Gasteiger charge is 2.37. The van der Waals surface area contributed by atoms with Gasteiger partial charge < -0.3 is 9.84 Å². The zero-order valence-electron chi connectivity index (χ0n) is 11.1. The third kappa shape index (κ3) is 2.50. The molecule has 0 aliphatic rings. The zero-order valence-corrected chi connectivity index (χ0v) is 11.1. The van der Waals surface area contributed by atoms with Gasteiger partial charge in [0.05, 0.1) is 0 Å². The lowest BCUT2D eigenvalue weighted by atomic mass is 9.76. The number of methoxy groups -OCH3 is 1. The molecule has 3 nitrogen and oxygen atoms in total. The van der Waals surface area contributed by atoms with E-state index in [1.807, 2.05) is 45.9 Å². The van der Waals surface area contributed by atoms with Crippen LogP contribution in [0.2, 0.25) is 0 Å². The van der Waals surface area contributed by atoms with E-state index in [-0.39, 0.29) is 0 Å². The van der Waals surface area contributed by atoms with Crippen LogP contribution >= 0.6 is 0 Å². The Kier molecular flexibility index (Phi) is 3.94. The zero-order chi connectivity index (χ0) is 13.2. The largest absolute Gasteiger partial charge is 0.479 e. The number of aliphatic carboxylic acids is 1. The molecular formula is C14H20O3. The number of carbonyl (C=O) groups is 1. The lowest BCUT2D eigenvalue weighted by Crippen LogP contribution is -2.42. The number of rotatable bonds is 4. The number of carboxylic acids is 1. The van der Waals surface area contributed by atoms with E-state index in [0.29, 0.717) is 0 Å². The minimum atomic E-state index is -0.932. The van der Waals surface area contributed by atoms with Crippen LogP contribution < -0.4 is 0 Å². The normalized spacial score (nSPS) is 13.5. The second-order valence-corrected chi connectivity index (χ2v) is 4.92. The van der Waals surface area contributed by atoms with Crippen LogP contribution in [0.3, 0.4) is 0 Å². The SMILES string of the molecule is COC(C(=O)O)C(C)(C)c1cccc(C)c1C. The molecule has 1 rings (SSSR count). The number of carboxylic acid groups (broad SMARTS) is 1. The number of hydrogen-bond donors (Lipinski definition) is 1. The summed E-state index contributed by atoms with van der Waals surface area (Å²) in [4.78, 5) is 11.2. The number of benzene rings is 1. The molecule has 1 aromatic carbocycles. The molecule has 0 saturated heterocycles. The van der Waals surface area contributed by atoms with Crippen molar-refractivity contribution in [3.05, 3.63) is 34.9 Å². The van der Waals surface area contributed by atoms with Crippen molar-refractivity contribution in [1.29, 1.82) is 0 Å². The molecule has 1 atom stereocenters. The molecule has 94 valence electrons. The molecule has 0 heterocycles. The van der Waals surface area contributed by atoms with E-state index in [2.05, 4.69) is 0 Å². The van der Waals surface area contributed by atoms with Crippen molar-refractivity contribution in [3.63, 3.8) is 0 Å². The highest BCUT2D eigenvalue weighted by atomic mass is 16.5. The Morgan fingerprint density at radius 2 is 1.94 bits per heavy atom. The third-order valence-corrected chi connectivity index (χ3v) is 3.41. The second kappa shape index (κ2) is 4.88. The van der Waals surface area contributed by atoms with Crippen LogP contribution in [0.15, 0.2) is 18.2 Å². The van der Waals surface area contributed by atoms with Crippen molar-refractivity contribution >= 4 is 5.97 Å². The van der Waals surface area contributed by atoms with E-state index >= 15 is 0 Å². The molecule has 0 fully saturated rings. The third-order valence-electron chi connectivity index (χ3n) is 3.41. The fraction of sp³-hybridized carbons (Fsp3) is 0.500. The number of hydrogen-bond acceptors (Lipinski definition) is 2. The Balaban J connectivity index is 3.29. The monoisotopic (exact) mass is 236 g/mol. The minimum absolute atomic E-state index is 0.559. The lowest BCUT2D eigenvalue weighted by Gasteiger charge is -2.32. The van der Waals surface area contributed by atoms with Gasteiger partial charge >= 0.3 is 5.97 Å². The first-order valence-electron chi connectivity index (χ1n) is 5.64. The van der Waals surface area contributed by atoms with Crippen LogP contribution in [-0.4, -0.2) is 24.3 Å². The quantitative estimate of drug-likeness (QED) is 0.874. The van der Waals surface area contributed by atoms with Crippen molar-refractivity contribution in [2.75, 3.05) is 7.11 Å². The van der Waals surface area contributed by atoms with Gasteiger partial charge in [-0.15, -0.1) is 0 Å². The summed E-state index contributed by atoms with van der Waals surface area (Å²) in [5.74, 6) is -0.932. The summed E-state index contributed by atoms with van der Waals surface area (Å²) in [5.41, 5.74) is 2.75. The molecule has 0 saturated carbocycles. The molecule has 0 amide bonds. The van der Waals surface area contributed by atoms with Gasteiger partial charge in [-0.1, -0.05) is 32.0 Å². The second-order valence-electron chi connectivity index (χ2n) is 4.92. The average Bonchev–Trinajstić information content (AvgIpc) is 2.21. The summed E-state index contributed by atoms with van der Waals surface area (Å²) < 4.78 is 5.13. The Bertz CT molecular complexity index is 421. The summed E-state index contributed by atoms with van der Waals surface area (Å²) in [7, 11) is 1.44. The standard InChI is InChI=1S/C14H20O3/c1-9-7-6-8-11(10(9)2)14(3,4)12(17-5)13(15)16/h6-8,12H,1-5H3,(H,15,16). The molecular weight excluding hydrogens is 216 g/mol. The van der Waals surface area contributed by atoms with Crippen LogP contribution in [-0.2, 0) is 14.9 Å². The lowest BCUT2D eigenvalue weighted by molar-refractivity contribution is -0.152. The molecule has 0 spiro atoms. The average molecular weight is 236 g/mol. The molecule has 3 heteroatoms. The van der Waals surface area contributed by atoms with Gasteiger partial charge in [0.25, 0.3) is 0 Å². The van der Waals surface area contributed by atoms with Crippen LogP contribution in [0.5, 0.6) is 0 Å². The van der Waals surface area contributed by atoms with E-state index in [1.54, 1.807) is 0 Å². The van der Waals surface area contributed by atoms with Crippen molar-refractivity contribution in [3.8, 4) is 0 Å². The molecule has 0 radical (unpaired) electrons. The van der Waals surface area contributed by atoms with Crippen molar-refractivity contribution in [1.82, 2.24) is 0 Å². The molecule has 0 bridgehead atoms. The highest BCUT2D eigenvalue weighted by Crippen LogP contribution is 2.32. The van der Waals surface area contributed by atoms with E-state index in [4.69, 9.17) is 4.74 Å². The maximum atomic E-state index is 11.2. The summed E-state index contributed by atoms with van der Waals surface area (Å²) in [6, 6.07) is 5.95. The fourth-order valence-electron chi connectivity index (χ4n) is 2.29. The van der Waals surface area contributed by atoms with E-state index in [1.165, 1.54) is 7.11 Å². The highest BCUT2D eigenvalue weighted by molar-refractivity contribution is 5.75. The minimum Gasteiger partial charge on any atom is -0.479 e. The predicted molar refractivity (Wildman–Crippen MR) is 67.4 cm³/mol. The maximum Gasteiger partial charge on any atom is 0.333 e. The first kappa shape index (κ1) is 13.7. The molecule has 1 aromatic rings. The van der Waals surface area contributed by atoms with E-state index < -0.39 is 17.5 Å². The first-order valence-corrected chi connectivity index (χ1v) is 5.64. The van der Waals surface area contributed by atoms with Crippen molar-refractivity contribution in [2.45, 2.75) is 39.2 Å². The van der Waals surface area contributed by atoms with E-state index in [0.717, 1.165) is 16.7 Å². The van der Waals surface area contributed by atoms with Crippen LogP contribution in [0.25, 0.3) is 0 Å². The smallest absolute Gasteiger partial charge is 0.333 e. The van der Waals surface area contributed by atoms with Gasteiger partial charge in [0.15, 0.2) is 6.10 Å². The Hall–Kier alpha value is -1.35. The van der Waals surface area contributed by atoms with Gasteiger partial charge in [-0.2, -0.15) is 0 Å². The van der Waals surface area contributed by atoms with Crippen molar-refractivity contribution < 1.29 is 14.6 Å². The summed E-state index contributed by atoms with van der Waals surface area (Å²) in [5, 5.41) is 9.21. The number of ether oxygens (including phenoxy) is 1. The topological polar surface area (TPSA) is 46.5 Å². The van der Waals surface area contributed by atoms with Gasteiger partial charge in [0.2, 0.25) is 0 Å². The number of aryl methyl sites for hydroxylation is 1. The van der Waals surface area contributed by atoms with Gasteiger partial charge in [-0.05, 0) is 30.5 Å². The first-order chi connectivity index (χ1) is 7.82. The van der Waals surface area contributed by atoms with Gasteiger partial charge in [0, 0.05) is 12.5 Å². The molecule has 1 unspecified atom stereocenters. The van der Waals surface area contributed by atoms with Crippen LogP contribution in [0.1, 0.15) is 30.5 Å². The molecule has 0 aliphatic heterocycles.